The van der Waals surface area contributed by atoms with Crippen LogP contribution in [0.5, 0.6) is 0 Å². The van der Waals surface area contributed by atoms with Gasteiger partial charge >= 0.3 is 0 Å². The maximum Gasteiger partial charge on any atom is 0.158 e. The predicted molar refractivity (Wildman–Crippen MR) is 41.0 cm³/mol. The van der Waals surface area contributed by atoms with Crippen molar-refractivity contribution in [2.24, 2.45) is 0 Å². The van der Waals surface area contributed by atoms with Crippen molar-refractivity contribution in [3.63, 3.8) is 0 Å². The highest BCUT2D eigenvalue weighted by Crippen LogP contribution is 2.02. The molecule has 2 heteroatoms. The first-order valence-electron chi connectivity index (χ1n) is 3.84. The lowest BCUT2D eigenvalue weighted by Crippen LogP contribution is -2.21. The van der Waals surface area contributed by atoms with E-state index in [-0.39, 0.29) is 11.9 Å². The smallest absolute Gasteiger partial charge is 0.158 e. The minimum atomic E-state index is -0.157. The van der Waals surface area contributed by atoms with Crippen molar-refractivity contribution in [1.29, 1.82) is 0 Å². The highest BCUT2D eigenvalue weighted by molar-refractivity contribution is 5.80. The second-order valence-corrected chi connectivity index (χ2v) is 2.34. The van der Waals surface area contributed by atoms with Crippen LogP contribution in [0.3, 0.4) is 0 Å². The SMILES string of the molecule is CCC[C@H](OCC)C(C)=O. The summed E-state index contributed by atoms with van der Waals surface area (Å²) in [5, 5.41) is 0. The van der Waals surface area contributed by atoms with Gasteiger partial charge in [0, 0.05) is 6.61 Å². The molecule has 0 heterocycles. The van der Waals surface area contributed by atoms with Crippen molar-refractivity contribution < 1.29 is 9.53 Å². The molecule has 0 unspecified atom stereocenters. The Morgan fingerprint density at radius 3 is 2.40 bits per heavy atom. The van der Waals surface area contributed by atoms with E-state index in [2.05, 4.69) is 6.92 Å². The van der Waals surface area contributed by atoms with Crippen molar-refractivity contribution in [2.75, 3.05) is 6.61 Å². The summed E-state index contributed by atoms with van der Waals surface area (Å²) in [6, 6.07) is 0. The summed E-state index contributed by atoms with van der Waals surface area (Å²) in [7, 11) is 0. The molecule has 0 aromatic heterocycles. The Morgan fingerprint density at radius 2 is 2.10 bits per heavy atom. The van der Waals surface area contributed by atoms with Crippen LogP contribution in [0.2, 0.25) is 0 Å². The van der Waals surface area contributed by atoms with Crippen LogP contribution >= 0.6 is 0 Å². The van der Waals surface area contributed by atoms with Gasteiger partial charge in [-0.25, -0.2) is 0 Å². The van der Waals surface area contributed by atoms with Crippen molar-refractivity contribution >= 4 is 5.78 Å². The number of Topliss-reactive ketones (excluding diaryl/α,β-unsaturated/α-hetero) is 1. The van der Waals surface area contributed by atoms with Crippen LogP contribution in [-0.4, -0.2) is 18.5 Å². The van der Waals surface area contributed by atoms with E-state index in [0.717, 1.165) is 12.8 Å². The van der Waals surface area contributed by atoms with E-state index in [1.807, 2.05) is 6.92 Å². The fourth-order valence-electron chi connectivity index (χ4n) is 0.867. The summed E-state index contributed by atoms with van der Waals surface area (Å²) >= 11 is 0. The van der Waals surface area contributed by atoms with Gasteiger partial charge in [0.05, 0.1) is 0 Å². The van der Waals surface area contributed by atoms with Crippen LogP contribution in [0.15, 0.2) is 0 Å². The fourth-order valence-corrected chi connectivity index (χ4v) is 0.867. The minimum Gasteiger partial charge on any atom is -0.371 e. The lowest BCUT2D eigenvalue weighted by Gasteiger charge is -2.11. The topological polar surface area (TPSA) is 26.3 Å². The number of hydrogen-bond acceptors (Lipinski definition) is 2. The Hall–Kier alpha value is -0.370. The van der Waals surface area contributed by atoms with Gasteiger partial charge in [-0.3, -0.25) is 4.79 Å². The normalized spacial score (nSPS) is 13.1. The molecule has 1 atom stereocenters. The van der Waals surface area contributed by atoms with Gasteiger partial charge in [0.15, 0.2) is 5.78 Å². The number of ketones is 1. The lowest BCUT2D eigenvalue weighted by atomic mass is 10.1. The van der Waals surface area contributed by atoms with Crippen molar-refractivity contribution in [1.82, 2.24) is 0 Å². The highest BCUT2D eigenvalue weighted by Gasteiger charge is 2.11. The lowest BCUT2D eigenvalue weighted by molar-refractivity contribution is -0.128. The van der Waals surface area contributed by atoms with Gasteiger partial charge in [0.1, 0.15) is 6.10 Å². The molecule has 0 aliphatic rings. The van der Waals surface area contributed by atoms with E-state index >= 15 is 0 Å². The summed E-state index contributed by atoms with van der Waals surface area (Å²) in [6.45, 7) is 6.17. The van der Waals surface area contributed by atoms with E-state index in [4.69, 9.17) is 4.74 Å². The third kappa shape index (κ3) is 3.62. The van der Waals surface area contributed by atoms with Gasteiger partial charge in [-0.15, -0.1) is 0 Å². The van der Waals surface area contributed by atoms with E-state index in [9.17, 15) is 4.79 Å². The van der Waals surface area contributed by atoms with Crippen LogP contribution in [-0.2, 0) is 9.53 Å². The maximum atomic E-state index is 10.8. The van der Waals surface area contributed by atoms with Gasteiger partial charge in [0.2, 0.25) is 0 Å². The van der Waals surface area contributed by atoms with Crippen LogP contribution in [0.1, 0.15) is 33.6 Å². The summed E-state index contributed by atoms with van der Waals surface area (Å²) in [5.41, 5.74) is 0. The fraction of sp³-hybridized carbons (Fsp3) is 0.875. The van der Waals surface area contributed by atoms with Gasteiger partial charge < -0.3 is 4.74 Å². The first-order valence-corrected chi connectivity index (χ1v) is 3.84. The monoisotopic (exact) mass is 144 g/mol. The van der Waals surface area contributed by atoms with E-state index in [0.29, 0.717) is 6.61 Å². The van der Waals surface area contributed by atoms with Crippen molar-refractivity contribution in [3.05, 3.63) is 0 Å². The molecule has 0 radical (unpaired) electrons. The molecule has 0 rings (SSSR count). The molecular weight excluding hydrogens is 128 g/mol. The Balaban J connectivity index is 3.61. The zero-order valence-corrected chi connectivity index (χ0v) is 7.02. The highest BCUT2D eigenvalue weighted by atomic mass is 16.5. The second kappa shape index (κ2) is 5.42. The molecule has 0 amide bonds. The molecule has 0 saturated carbocycles. The number of ether oxygens (including phenoxy) is 1. The van der Waals surface area contributed by atoms with Gasteiger partial charge in [0.25, 0.3) is 0 Å². The van der Waals surface area contributed by atoms with E-state index in [1.165, 1.54) is 0 Å². The predicted octanol–water partition coefficient (Wildman–Crippen LogP) is 1.78. The van der Waals surface area contributed by atoms with Gasteiger partial charge in [-0.1, -0.05) is 13.3 Å². The average molecular weight is 144 g/mol. The summed E-state index contributed by atoms with van der Waals surface area (Å²) in [4.78, 5) is 10.8. The first kappa shape index (κ1) is 9.63. The maximum absolute atomic E-state index is 10.8. The molecule has 0 fully saturated rings. The Morgan fingerprint density at radius 1 is 1.50 bits per heavy atom. The molecule has 0 aliphatic heterocycles. The molecule has 0 aromatic rings. The van der Waals surface area contributed by atoms with Gasteiger partial charge in [-0.05, 0) is 20.3 Å². The second-order valence-electron chi connectivity index (χ2n) is 2.34. The molecule has 0 bridgehead atoms. The van der Waals surface area contributed by atoms with Crippen molar-refractivity contribution in [2.45, 2.75) is 39.7 Å². The average Bonchev–Trinajstić information content (AvgIpc) is 1.87. The molecule has 60 valence electrons. The molecule has 0 saturated heterocycles. The quantitative estimate of drug-likeness (QED) is 0.588. The number of hydrogen-bond donors (Lipinski definition) is 0. The van der Waals surface area contributed by atoms with Crippen LogP contribution in [0, 0.1) is 0 Å². The van der Waals surface area contributed by atoms with Gasteiger partial charge in [-0.2, -0.15) is 0 Å². The Bertz CT molecular complexity index is 93.4. The third-order valence-corrected chi connectivity index (χ3v) is 1.37. The number of rotatable bonds is 5. The molecule has 0 N–H and O–H groups in total. The largest absolute Gasteiger partial charge is 0.371 e. The number of carbonyl (C=O) groups is 1. The molecular formula is C8H16O2. The Kier molecular flexibility index (Phi) is 5.22. The zero-order valence-electron chi connectivity index (χ0n) is 7.02. The van der Waals surface area contributed by atoms with Crippen LogP contribution in [0.4, 0.5) is 0 Å². The summed E-state index contributed by atoms with van der Waals surface area (Å²) < 4.78 is 5.19. The number of carbonyl (C=O) groups excluding carboxylic acids is 1. The molecule has 0 aliphatic carbocycles. The van der Waals surface area contributed by atoms with Crippen molar-refractivity contribution in [3.8, 4) is 0 Å². The Labute approximate surface area is 62.6 Å². The van der Waals surface area contributed by atoms with E-state index < -0.39 is 0 Å². The van der Waals surface area contributed by atoms with Crippen LogP contribution < -0.4 is 0 Å². The van der Waals surface area contributed by atoms with Crippen LogP contribution in [0.25, 0.3) is 0 Å². The molecule has 10 heavy (non-hydrogen) atoms. The molecule has 2 nitrogen and oxygen atoms in total. The molecule has 0 spiro atoms. The first-order chi connectivity index (χ1) is 4.72. The summed E-state index contributed by atoms with van der Waals surface area (Å²) in [5.74, 6) is 0.142. The zero-order chi connectivity index (χ0) is 7.98. The third-order valence-electron chi connectivity index (χ3n) is 1.37. The minimum absolute atomic E-state index is 0.142. The standard InChI is InChI=1S/C8H16O2/c1-4-6-8(7(3)9)10-5-2/h8H,4-6H2,1-3H3/t8-/m0/s1. The molecule has 0 aromatic carbocycles. The summed E-state index contributed by atoms with van der Waals surface area (Å²) in [6.07, 6.45) is 1.70. The van der Waals surface area contributed by atoms with E-state index in [1.54, 1.807) is 6.92 Å².